The largest absolute Gasteiger partial charge is 0.281 e. The normalized spacial score (nSPS) is 10.2. The number of alkyl halides is 2. The van der Waals surface area contributed by atoms with E-state index in [1.807, 2.05) is 6.07 Å². The molecular formula is C8H5F2IN2. The monoisotopic (exact) mass is 294 g/mol. The van der Waals surface area contributed by atoms with Crippen molar-refractivity contribution in [1.29, 1.82) is 5.26 Å². The van der Waals surface area contributed by atoms with Gasteiger partial charge in [0.05, 0.1) is 9.13 Å². The summed E-state index contributed by atoms with van der Waals surface area (Å²) in [6, 6.07) is 3.34. The van der Waals surface area contributed by atoms with E-state index in [0.717, 1.165) is 0 Å². The summed E-state index contributed by atoms with van der Waals surface area (Å²) in [5.74, 6) is 0. The van der Waals surface area contributed by atoms with Crippen LogP contribution in [0.25, 0.3) is 0 Å². The van der Waals surface area contributed by atoms with Gasteiger partial charge in [-0.15, -0.1) is 0 Å². The van der Waals surface area contributed by atoms with Gasteiger partial charge in [0.1, 0.15) is 11.8 Å². The van der Waals surface area contributed by atoms with Crippen LogP contribution in [0.2, 0.25) is 0 Å². The molecule has 0 aliphatic rings. The van der Waals surface area contributed by atoms with Crippen LogP contribution in [0.5, 0.6) is 0 Å². The van der Waals surface area contributed by atoms with Gasteiger partial charge in [0.15, 0.2) is 0 Å². The molecule has 0 aliphatic heterocycles. The third-order valence-corrected chi connectivity index (χ3v) is 2.57. The van der Waals surface area contributed by atoms with E-state index >= 15 is 0 Å². The minimum atomic E-state index is -2.63. The zero-order valence-electron chi connectivity index (χ0n) is 6.68. The lowest BCUT2D eigenvalue weighted by Crippen LogP contribution is -1.99. The SMILES string of the molecule is Cc1cc(C#N)c(I)c(C(F)F)n1. The highest BCUT2D eigenvalue weighted by Crippen LogP contribution is 2.25. The molecule has 1 aromatic heterocycles. The summed E-state index contributed by atoms with van der Waals surface area (Å²) in [4.78, 5) is 3.67. The Bertz CT molecular complexity index is 371. The average Bonchev–Trinajstić information content (AvgIpc) is 2.08. The van der Waals surface area contributed by atoms with Gasteiger partial charge in [0, 0.05) is 5.69 Å². The first-order valence-electron chi connectivity index (χ1n) is 3.41. The van der Waals surface area contributed by atoms with E-state index in [9.17, 15) is 8.78 Å². The fraction of sp³-hybridized carbons (Fsp3) is 0.250. The maximum atomic E-state index is 12.3. The molecule has 0 unspecified atom stereocenters. The van der Waals surface area contributed by atoms with Gasteiger partial charge >= 0.3 is 0 Å². The highest BCUT2D eigenvalue weighted by atomic mass is 127. The molecule has 1 aromatic rings. The molecule has 0 aromatic carbocycles. The number of rotatable bonds is 1. The summed E-state index contributed by atoms with van der Waals surface area (Å²) in [6.45, 7) is 1.59. The predicted octanol–water partition coefficient (Wildman–Crippen LogP) is 2.80. The summed E-state index contributed by atoms with van der Waals surface area (Å²) in [7, 11) is 0. The van der Waals surface area contributed by atoms with Crippen molar-refractivity contribution in [1.82, 2.24) is 4.98 Å². The molecule has 13 heavy (non-hydrogen) atoms. The number of hydrogen-bond donors (Lipinski definition) is 0. The van der Waals surface area contributed by atoms with Crippen LogP contribution in [0, 0.1) is 21.8 Å². The smallest absolute Gasteiger partial charge is 0.251 e. The molecule has 0 radical (unpaired) electrons. The molecule has 68 valence electrons. The minimum absolute atomic E-state index is 0.237. The van der Waals surface area contributed by atoms with Gasteiger partial charge in [-0.05, 0) is 35.6 Å². The fourth-order valence-corrected chi connectivity index (χ4v) is 1.54. The van der Waals surface area contributed by atoms with Crippen LogP contribution in [-0.4, -0.2) is 4.98 Å². The summed E-state index contributed by atoms with van der Waals surface area (Å²) in [5.41, 5.74) is 0.382. The second-order valence-electron chi connectivity index (χ2n) is 2.42. The second-order valence-corrected chi connectivity index (χ2v) is 3.50. The molecule has 0 N–H and O–H groups in total. The highest BCUT2D eigenvalue weighted by molar-refractivity contribution is 14.1. The molecule has 2 nitrogen and oxygen atoms in total. The summed E-state index contributed by atoms with van der Waals surface area (Å²) >= 11 is 1.71. The van der Waals surface area contributed by atoms with Crippen molar-refractivity contribution < 1.29 is 8.78 Å². The number of nitrogens with zero attached hydrogens (tertiary/aromatic N) is 2. The molecular weight excluding hydrogens is 289 g/mol. The van der Waals surface area contributed by atoms with Crippen LogP contribution >= 0.6 is 22.6 Å². The predicted molar refractivity (Wildman–Crippen MR) is 51.4 cm³/mol. The highest BCUT2D eigenvalue weighted by Gasteiger charge is 2.16. The Hall–Kier alpha value is -0.770. The Kier molecular flexibility index (Phi) is 3.14. The quantitative estimate of drug-likeness (QED) is 0.747. The lowest BCUT2D eigenvalue weighted by molar-refractivity contribution is 0.145. The second kappa shape index (κ2) is 3.96. The number of aromatic nitrogens is 1. The molecule has 0 spiro atoms. The Balaban J connectivity index is 3.38. The van der Waals surface area contributed by atoms with Crippen molar-refractivity contribution >= 4 is 22.6 Å². The number of nitriles is 1. The summed E-state index contributed by atoms with van der Waals surface area (Å²) < 4.78 is 24.9. The zero-order valence-corrected chi connectivity index (χ0v) is 8.84. The Morgan fingerprint density at radius 3 is 2.69 bits per heavy atom. The number of pyridine rings is 1. The minimum Gasteiger partial charge on any atom is -0.251 e. The van der Waals surface area contributed by atoms with Crippen LogP contribution in [0.3, 0.4) is 0 Å². The third-order valence-electron chi connectivity index (χ3n) is 1.44. The summed E-state index contributed by atoms with van der Waals surface area (Å²) in [6.07, 6.45) is -2.63. The standard InChI is InChI=1S/C8H5F2IN2/c1-4-2-5(3-12)6(11)7(13-4)8(9)10/h2,8H,1H3. The van der Waals surface area contributed by atoms with E-state index in [-0.39, 0.29) is 14.8 Å². The molecule has 0 saturated heterocycles. The number of halogens is 3. The van der Waals surface area contributed by atoms with E-state index in [4.69, 9.17) is 5.26 Å². The first-order chi connectivity index (χ1) is 6.06. The van der Waals surface area contributed by atoms with E-state index in [2.05, 4.69) is 4.98 Å². The van der Waals surface area contributed by atoms with Crippen molar-refractivity contribution in [2.45, 2.75) is 13.3 Å². The van der Waals surface area contributed by atoms with Gasteiger partial charge in [0.25, 0.3) is 6.43 Å². The van der Waals surface area contributed by atoms with Crippen LogP contribution in [0.1, 0.15) is 23.4 Å². The molecule has 0 aliphatic carbocycles. The van der Waals surface area contributed by atoms with Crippen LogP contribution in [0.4, 0.5) is 8.78 Å². The van der Waals surface area contributed by atoms with Crippen molar-refractivity contribution in [3.8, 4) is 6.07 Å². The third kappa shape index (κ3) is 2.12. The molecule has 5 heteroatoms. The zero-order chi connectivity index (χ0) is 10.0. The fourth-order valence-electron chi connectivity index (χ4n) is 0.908. The summed E-state index contributed by atoms with van der Waals surface area (Å²) in [5, 5.41) is 8.62. The Labute approximate surface area is 87.7 Å². The van der Waals surface area contributed by atoms with Crippen molar-refractivity contribution in [3.05, 3.63) is 26.6 Å². The number of aryl methyl sites for hydroxylation is 1. The molecule has 1 heterocycles. The maximum absolute atomic E-state index is 12.3. The maximum Gasteiger partial charge on any atom is 0.281 e. The van der Waals surface area contributed by atoms with E-state index in [0.29, 0.717) is 5.69 Å². The van der Waals surface area contributed by atoms with Gasteiger partial charge in [0.2, 0.25) is 0 Å². The van der Waals surface area contributed by atoms with Crippen molar-refractivity contribution in [2.75, 3.05) is 0 Å². The van der Waals surface area contributed by atoms with E-state index in [1.165, 1.54) is 6.07 Å². The number of hydrogen-bond acceptors (Lipinski definition) is 2. The average molecular weight is 294 g/mol. The van der Waals surface area contributed by atoms with Gasteiger partial charge < -0.3 is 0 Å². The topological polar surface area (TPSA) is 36.7 Å². The lowest BCUT2D eigenvalue weighted by atomic mass is 10.2. The van der Waals surface area contributed by atoms with Crippen LogP contribution in [-0.2, 0) is 0 Å². The molecule has 1 rings (SSSR count). The first kappa shape index (κ1) is 10.3. The Morgan fingerprint density at radius 2 is 2.23 bits per heavy atom. The molecule has 0 saturated carbocycles. The lowest BCUT2D eigenvalue weighted by Gasteiger charge is -2.04. The van der Waals surface area contributed by atoms with Gasteiger partial charge in [-0.3, -0.25) is 4.98 Å². The molecule has 0 bridgehead atoms. The van der Waals surface area contributed by atoms with Gasteiger partial charge in [-0.2, -0.15) is 5.26 Å². The van der Waals surface area contributed by atoms with Gasteiger partial charge in [-0.1, -0.05) is 0 Å². The molecule has 0 amide bonds. The van der Waals surface area contributed by atoms with Crippen LogP contribution in [0.15, 0.2) is 6.07 Å². The van der Waals surface area contributed by atoms with E-state index < -0.39 is 6.43 Å². The Morgan fingerprint density at radius 1 is 1.62 bits per heavy atom. The van der Waals surface area contributed by atoms with Gasteiger partial charge in [-0.25, -0.2) is 8.78 Å². The molecule has 0 atom stereocenters. The van der Waals surface area contributed by atoms with Crippen molar-refractivity contribution in [3.63, 3.8) is 0 Å². The van der Waals surface area contributed by atoms with Crippen LogP contribution < -0.4 is 0 Å². The van der Waals surface area contributed by atoms with Crippen molar-refractivity contribution in [2.24, 2.45) is 0 Å². The molecule has 0 fully saturated rings. The first-order valence-corrected chi connectivity index (χ1v) is 4.49. The van der Waals surface area contributed by atoms with E-state index in [1.54, 1.807) is 29.5 Å².